The normalized spacial score (nSPS) is 33.5. The Kier molecular flexibility index (Phi) is 4.30. The average Bonchev–Trinajstić information content (AvgIpc) is 2.68. The molecule has 0 aliphatic carbocycles. The van der Waals surface area contributed by atoms with Gasteiger partial charge in [0.1, 0.15) is 11.7 Å². The average molecular weight is 401 g/mol. The Morgan fingerprint density at radius 2 is 2.35 bits per heavy atom. The molecule has 2 heterocycles. The molecule has 1 aromatic heterocycles. The van der Waals surface area contributed by atoms with Gasteiger partial charge < -0.3 is 15.6 Å². The van der Waals surface area contributed by atoms with Gasteiger partial charge in [-0.05, 0) is 6.42 Å². The summed E-state index contributed by atoms with van der Waals surface area (Å²) in [4.78, 5) is 15.0. The summed E-state index contributed by atoms with van der Waals surface area (Å²) in [6.07, 6.45) is -3.58. The third-order valence-corrected chi connectivity index (χ3v) is 4.79. The molecular formula is C11H14F2IN3O3. The number of aliphatic hydroxyl groups excluding tert-OH is 1. The maximum atomic E-state index is 14.2. The number of ether oxygens (including phenoxy) is 1. The zero-order valence-corrected chi connectivity index (χ0v) is 12.8. The number of rotatable bonds is 3. The zero-order chi connectivity index (χ0) is 15.1. The zero-order valence-electron chi connectivity index (χ0n) is 10.6. The molecule has 0 bridgehead atoms. The molecule has 0 saturated carbocycles. The molecule has 20 heavy (non-hydrogen) atoms. The Morgan fingerprint density at radius 3 is 2.85 bits per heavy atom. The Morgan fingerprint density at radius 1 is 1.70 bits per heavy atom. The van der Waals surface area contributed by atoms with Crippen molar-refractivity contribution in [1.29, 1.82) is 0 Å². The fraction of sp³-hybridized carbons (Fsp3) is 0.636. The van der Waals surface area contributed by atoms with Crippen LogP contribution in [0, 0.1) is 5.82 Å². The smallest absolute Gasteiger partial charge is 0.351 e. The minimum atomic E-state index is -1.85. The van der Waals surface area contributed by atoms with Gasteiger partial charge in [0.05, 0.1) is 6.20 Å². The standard InChI is InChI=1S/C11H14F2IN3O3/c1-2-11(4-14)7(18)6(13)9(20-11)17-3-5(12)8(15)16-10(17)19/h3,6-7,9,18H,2,4H2,1H3,(H2,15,16,19)/t6-,7-,9+,11-/m0/s1. The molecule has 1 aliphatic rings. The summed E-state index contributed by atoms with van der Waals surface area (Å²) in [5.74, 6) is -1.51. The molecule has 1 aromatic rings. The van der Waals surface area contributed by atoms with E-state index >= 15 is 0 Å². The highest BCUT2D eigenvalue weighted by Crippen LogP contribution is 2.41. The lowest BCUT2D eigenvalue weighted by Gasteiger charge is -2.28. The van der Waals surface area contributed by atoms with E-state index in [-0.39, 0.29) is 0 Å². The van der Waals surface area contributed by atoms with Crippen LogP contribution in [0.2, 0.25) is 0 Å². The monoisotopic (exact) mass is 401 g/mol. The molecule has 6 nitrogen and oxygen atoms in total. The number of hydrogen-bond donors (Lipinski definition) is 2. The molecule has 0 spiro atoms. The van der Waals surface area contributed by atoms with Crippen LogP contribution in [0.25, 0.3) is 0 Å². The lowest BCUT2D eigenvalue weighted by molar-refractivity contribution is -0.0896. The topological polar surface area (TPSA) is 90.4 Å². The molecule has 9 heteroatoms. The summed E-state index contributed by atoms with van der Waals surface area (Å²) in [5.41, 5.74) is 3.14. The van der Waals surface area contributed by atoms with Gasteiger partial charge in [0, 0.05) is 4.43 Å². The van der Waals surface area contributed by atoms with Gasteiger partial charge >= 0.3 is 5.69 Å². The molecule has 0 radical (unpaired) electrons. The molecule has 1 saturated heterocycles. The number of anilines is 1. The maximum absolute atomic E-state index is 14.2. The third kappa shape index (κ3) is 2.31. The van der Waals surface area contributed by atoms with Crippen molar-refractivity contribution in [2.24, 2.45) is 0 Å². The van der Waals surface area contributed by atoms with E-state index in [1.54, 1.807) is 6.92 Å². The predicted octanol–water partition coefficient (Wildman–Crippen LogP) is 0.776. The molecule has 1 aliphatic heterocycles. The van der Waals surface area contributed by atoms with Crippen LogP contribution in [0.5, 0.6) is 0 Å². The minimum absolute atomic E-state index is 0.332. The first-order valence-electron chi connectivity index (χ1n) is 5.96. The molecule has 112 valence electrons. The molecule has 0 aromatic carbocycles. The number of hydrogen-bond acceptors (Lipinski definition) is 5. The van der Waals surface area contributed by atoms with Gasteiger partial charge in [0.2, 0.25) is 0 Å². The van der Waals surface area contributed by atoms with Gasteiger partial charge in [-0.15, -0.1) is 0 Å². The number of aromatic nitrogens is 2. The number of halogens is 3. The van der Waals surface area contributed by atoms with E-state index < -0.39 is 41.4 Å². The molecule has 1 fully saturated rings. The number of alkyl halides is 2. The highest BCUT2D eigenvalue weighted by Gasteiger charge is 2.54. The summed E-state index contributed by atoms with van der Waals surface area (Å²) < 4.78 is 34.2. The number of nitrogens with zero attached hydrogens (tertiary/aromatic N) is 2. The van der Waals surface area contributed by atoms with Crippen LogP contribution in [0.4, 0.5) is 14.6 Å². The summed E-state index contributed by atoms with van der Waals surface area (Å²) in [6.45, 7) is 1.74. The first-order valence-corrected chi connectivity index (χ1v) is 7.49. The summed E-state index contributed by atoms with van der Waals surface area (Å²) in [6, 6.07) is 0. The molecule has 0 amide bonds. The summed E-state index contributed by atoms with van der Waals surface area (Å²) in [7, 11) is 0. The first-order chi connectivity index (χ1) is 9.36. The van der Waals surface area contributed by atoms with E-state index in [0.29, 0.717) is 15.4 Å². The lowest BCUT2D eigenvalue weighted by Crippen LogP contribution is -2.43. The second kappa shape index (κ2) is 5.53. The van der Waals surface area contributed by atoms with E-state index in [0.717, 1.165) is 6.20 Å². The second-order valence-corrected chi connectivity index (χ2v) is 5.38. The van der Waals surface area contributed by atoms with Crippen LogP contribution in [0.1, 0.15) is 19.6 Å². The van der Waals surface area contributed by atoms with Gasteiger partial charge in [-0.1, -0.05) is 29.5 Å². The molecule has 2 rings (SSSR count). The van der Waals surface area contributed by atoms with Gasteiger partial charge in [0.15, 0.2) is 24.0 Å². The second-order valence-electron chi connectivity index (χ2n) is 4.61. The van der Waals surface area contributed by atoms with Crippen molar-refractivity contribution in [2.45, 2.75) is 37.4 Å². The fourth-order valence-corrected chi connectivity index (χ4v) is 3.34. The van der Waals surface area contributed by atoms with Gasteiger partial charge in [-0.25, -0.2) is 13.6 Å². The Hall–Kier alpha value is -0.810. The van der Waals surface area contributed by atoms with Gasteiger partial charge in [-0.3, -0.25) is 4.57 Å². The quantitative estimate of drug-likeness (QED) is 0.577. The Bertz CT molecular complexity index is 564. The largest absolute Gasteiger partial charge is 0.387 e. The predicted molar refractivity (Wildman–Crippen MR) is 75.8 cm³/mol. The third-order valence-electron chi connectivity index (χ3n) is 3.50. The Labute approximate surface area is 127 Å². The highest BCUT2D eigenvalue weighted by molar-refractivity contribution is 14.1. The van der Waals surface area contributed by atoms with Crippen LogP contribution in [-0.4, -0.2) is 37.0 Å². The van der Waals surface area contributed by atoms with E-state index in [2.05, 4.69) is 4.98 Å². The summed E-state index contributed by atoms with van der Waals surface area (Å²) >= 11 is 1.97. The highest BCUT2D eigenvalue weighted by atomic mass is 127. The van der Waals surface area contributed by atoms with Gasteiger partial charge in [0.25, 0.3) is 0 Å². The van der Waals surface area contributed by atoms with Crippen LogP contribution in [-0.2, 0) is 4.74 Å². The number of nitrogens with two attached hydrogens (primary N) is 1. The minimum Gasteiger partial charge on any atom is -0.387 e. The SMILES string of the molecule is CC[C@@]1(CI)O[C@@H](n2cc(F)c(N)nc2=O)[C@@H](F)[C@@H]1O. The van der Waals surface area contributed by atoms with E-state index in [1.807, 2.05) is 22.6 Å². The van der Waals surface area contributed by atoms with Crippen molar-refractivity contribution in [2.75, 3.05) is 10.2 Å². The molecule has 3 N–H and O–H groups in total. The van der Waals surface area contributed by atoms with Crippen LogP contribution < -0.4 is 11.4 Å². The lowest BCUT2D eigenvalue weighted by atomic mass is 9.95. The van der Waals surface area contributed by atoms with E-state index in [4.69, 9.17) is 10.5 Å². The maximum Gasteiger partial charge on any atom is 0.351 e. The van der Waals surface area contributed by atoms with E-state index in [1.165, 1.54) is 0 Å². The van der Waals surface area contributed by atoms with Crippen molar-refractivity contribution >= 4 is 28.4 Å². The number of aliphatic hydroxyl groups is 1. The van der Waals surface area contributed by atoms with E-state index in [9.17, 15) is 18.7 Å². The van der Waals surface area contributed by atoms with Crippen molar-refractivity contribution in [1.82, 2.24) is 9.55 Å². The summed E-state index contributed by atoms with van der Waals surface area (Å²) in [5, 5.41) is 10.00. The molecule has 4 atom stereocenters. The van der Waals surface area contributed by atoms with Crippen LogP contribution in [0.15, 0.2) is 11.0 Å². The Balaban J connectivity index is 2.45. The number of nitrogen functional groups attached to an aromatic ring is 1. The van der Waals surface area contributed by atoms with Crippen molar-refractivity contribution in [3.63, 3.8) is 0 Å². The fourth-order valence-electron chi connectivity index (χ4n) is 2.17. The van der Waals surface area contributed by atoms with Crippen molar-refractivity contribution in [3.05, 3.63) is 22.5 Å². The molecule has 0 unspecified atom stereocenters. The van der Waals surface area contributed by atoms with Crippen molar-refractivity contribution < 1.29 is 18.6 Å². The van der Waals surface area contributed by atoms with Gasteiger partial charge in [-0.2, -0.15) is 4.98 Å². The molecular weight excluding hydrogens is 387 g/mol. The first kappa shape index (κ1) is 15.6. The van der Waals surface area contributed by atoms with Crippen molar-refractivity contribution in [3.8, 4) is 0 Å². The van der Waals surface area contributed by atoms with Crippen LogP contribution >= 0.6 is 22.6 Å². The van der Waals surface area contributed by atoms with Crippen LogP contribution in [0.3, 0.4) is 0 Å².